The van der Waals surface area contributed by atoms with Crippen LogP contribution in [-0.2, 0) is 0 Å². The van der Waals surface area contributed by atoms with Crippen molar-refractivity contribution in [3.8, 4) is 0 Å². The van der Waals surface area contributed by atoms with Gasteiger partial charge < -0.3 is 0 Å². The van der Waals surface area contributed by atoms with Crippen molar-refractivity contribution in [2.24, 2.45) is 0 Å². The molecule has 0 saturated heterocycles. The van der Waals surface area contributed by atoms with Gasteiger partial charge >= 0.3 is 12.3 Å². The summed E-state index contributed by atoms with van der Waals surface area (Å²) < 4.78 is 31.9. The lowest BCUT2D eigenvalue weighted by atomic mass is 9.78. The minimum absolute atomic E-state index is 1.15. The summed E-state index contributed by atoms with van der Waals surface area (Å²) in [5, 5.41) is 0. The molecule has 0 atom stereocenters. The molecule has 0 nitrogen and oxygen atoms in total. The van der Waals surface area contributed by atoms with Crippen molar-refractivity contribution in [1.29, 1.82) is 0 Å². The summed E-state index contributed by atoms with van der Waals surface area (Å²) in [6.07, 6.45) is 0. The van der Waals surface area contributed by atoms with Crippen molar-refractivity contribution >= 4 is 42.4 Å². The Morgan fingerprint density at radius 2 is 1.57 bits per heavy atom. The third-order valence-electron chi connectivity index (χ3n) is 0.280. The zero-order chi connectivity index (χ0) is 6.08. The van der Waals surface area contributed by atoms with E-state index in [1.807, 2.05) is 0 Å². The van der Waals surface area contributed by atoms with E-state index in [1.54, 1.807) is 0 Å². The molecule has 0 fully saturated rings. The molecule has 0 aromatic rings. The van der Waals surface area contributed by atoms with E-state index >= 15 is 0 Å². The van der Waals surface area contributed by atoms with E-state index in [1.165, 1.54) is 0 Å². The van der Waals surface area contributed by atoms with Gasteiger partial charge in [-0.25, -0.2) is 0 Å². The molecule has 0 aliphatic heterocycles. The van der Waals surface area contributed by atoms with Crippen molar-refractivity contribution < 1.29 is 12.6 Å². The lowest BCUT2D eigenvalue weighted by Gasteiger charge is -1.87. The first-order chi connectivity index (χ1) is 2.94. The van der Waals surface area contributed by atoms with Gasteiger partial charge in [0.2, 0.25) is 0 Å². The monoisotopic (exact) mass is 237 g/mol. The minimum atomic E-state index is -5.22. The third-order valence-corrected chi connectivity index (χ3v) is 2.73. The van der Waals surface area contributed by atoms with Crippen LogP contribution >= 0.6 is 30.4 Å². The maximum atomic E-state index is 11.2. The summed E-state index contributed by atoms with van der Waals surface area (Å²) in [5.74, 6) is 0. The minimum Gasteiger partial charge on any atom is -0.0907 e. The SMILES string of the molecule is [B]B(I)[P+](F)(F)F. The average Bonchev–Trinajstić information content (AvgIpc) is 1.31. The molecule has 2 radical (unpaired) electrons. The summed E-state index contributed by atoms with van der Waals surface area (Å²) in [6.45, 7) is 0. The van der Waals surface area contributed by atoms with E-state index in [0.29, 0.717) is 0 Å². The molecule has 0 bridgehead atoms. The fraction of sp³-hybridized carbons (Fsp3) is 0. The van der Waals surface area contributed by atoms with Crippen molar-refractivity contribution in [3.63, 3.8) is 0 Å². The molecule has 7 heavy (non-hydrogen) atoms. The van der Waals surface area contributed by atoms with Gasteiger partial charge in [0.15, 0.2) is 0 Å². The zero-order valence-electron chi connectivity index (χ0n) is 3.11. The third kappa shape index (κ3) is 3.64. The number of hydrogen-bond acceptors (Lipinski definition) is 0. The first-order valence-corrected chi connectivity index (χ1v) is 4.09. The van der Waals surface area contributed by atoms with Crippen LogP contribution < -0.4 is 0 Å². The van der Waals surface area contributed by atoms with Crippen LogP contribution in [0, 0.1) is 0 Å². The largest absolute Gasteiger partial charge is 0.510 e. The van der Waals surface area contributed by atoms with E-state index in [4.69, 9.17) is 0 Å². The molecule has 0 unspecified atom stereocenters. The van der Waals surface area contributed by atoms with Crippen LogP contribution in [0.3, 0.4) is 0 Å². The second-order valence-corrected chi connectivity index (χ2v) is 4.71. The molecular weight excluding hydrogens is 236 g/mol. The van der Waals surface area contributed by atoms with Crippen LogP contribution in [-0.4, -0.2) is 11.9 Å². The molecular formula is B2F3IP+. The molecule has 0 heterocycles. The van der Waals surface area contributed by atoms with Gasteiger partial charge in [-0.15, -0.1) is 0 Å². The lowest BCUT2D eigenvalue weighted by Crippen LogP contribution is -1.98. The Morgan fingerprint density at radius 3 is 1.57 bits per heavy atom. The Morgan fingerprint density at radius 1 is 1.43 bits per heavy atom. The lowest BCUT2D eigenvalue weighted by molar-refractivity contribution is 0.618. The number of hydrogen-bond donors (Lipinski definition) is 0. The van der Waals surface area contributed by atoms with E-state index in [-0.39, 0.29) is 0 Å². The van der Waals surface area contributed by atoms with Gasteiger partial charge in [0, 0.05) is 0 Å². The summed E-state index contributed by atoms with van der Waals surface area (Å²) in [4.78, 5) is 0. The summed E-state index contributed by atoms with van der Waals surface area (Å²) in [7, 11) is -0.743. The van der Waals surface area contributed by atoms with Crippen molar-refractivity contribution in [2.45, 2.75) is 0 Å². The van der Waals surface area contributed by atoms with Gasteiger partial charge in [-0.2, -0.15) is 0 Å². The second kappa shape index (κ2) is 2.58. The van der Waals surface area contributed by atoms with Crippen LogP contribution in [0.2, 0.25) is 0 Å². The molecule has 0 aliphatic rings. The molecule has 0 aromatic heterocycles. The Hall–Kier alpha value is 1.08. The highest BCUT2D eigenvalue weighted by molar-refractivity contribution is 14.1. The fourth-order valence-electron chi connectivity index (χ4n) is 0. The normalized spacial score (nSPS) is 11.4. The van der Waals surface area contributed by atoms with Crippen molar-refractivity contribution in [3.05, 3.63) is 0 Å². The van der Waals surface area contributed by atoms with E-state index in [0.717, 1.165) is 22.4 Å². The maximum absolute atomic E-state index is 11.2. The Balaban J connectivity index is 3.54. The summed E-state index contributed by atoms with van der Waals surface area (Å²) in [5.41, 5.74) is 0. The van der Waals surface area contributed by atoms with Gasteiger partial charge in [-0.3, -0.25) is 0 Å². The van der Waals surface area contributed by atoms with Crippen LogP contribution in [0.1, 0.15) is 0 Å². The molecule has 0 aromatic carbocycles. The Labute approximate surface area is 55.2 Å². The Kier molecular flexibility index (Phi) is 2.97. The maximum Gasteiger partial charge on any atom is 0.510 e. The quantitative estimate of drug-likeness (QED) is 0.372. The van der Waals surface area contributed by atoms with Crippen molar-refractivity contribution in [2.75, 3.05) is 0 Å². The highest BCUT2D eigenvalue weighted by Gasteiger charge is 2.51. The molecule has 0 amide bonds. The first kappa shape index (κ1) is 8.08. The highest BCUT2D eigenvalue weighted by Crippen LogP contribution is 2.67. The zero-order valence-corrected chi connectivity index (χ0v) is 6.17. The van der Waals surface area contributed by atoms with Crippen LogP contribution in [0.25, 0.3) is 0 Å². The van der Waals surface area contributed by atoms with Crippen LogP contribution in [0.5, 0.6) is 0 Å². The fourth-order valence-corrected chi connectivity index (χ4v) is 0. The average molecular weight is 236 g/mol. The van der Waals surface area contributed by atoms with Gasteiger partial charge in [0.1, 0.15) is 7.74 Å². The Bertz CT molecular complexity index is 58.4. The molecule has 0 N–H and O–H groups in total. The van der Waals surface area contributed by atoms with E-state index in [2.05, 4.69) is 7.74 Å². The summed E-state index contributed by atoms with van der Waals surface area (Å²) >= 11 is 1.15. The molecule has 38 valence electrons. The predicted octanol–water partition coefficient (Wildman–Crippen LogP) is 2.25. The van der Waals surface area contributed by atoms with Gasteiger partial charge in [-0.1, -0.05) is 22.4 Å². The van der Waals surface area contributed by atoms with Crippen molar-refractivity contribution in [1.82, 2.24) is 0 Å². The topological polar surface area (TPSA) is 0 Å². The highest BCUT2D eigenvalue weighted by atomic mass is 127. The molecule has 0 saturated carbocycles. The molecule has 0 spiro atoms. The first-order valence-electron chi connectivity index (χ1n) is 1.32. The second-order valence-electron chi connectivity index (χ2n) is 0.857. The molecule has 7 heteroatoms. The van der Waals surface area contributed by atoms with Crippen LogP contribution in [0.15, 0.2) is 0 Å². The molecule has 0 aliphatic carbocycles. The van der Waals surface area contributed by atoms with E-state index < -0.39 is 12.3 Å². The molecule has 0 rings (SSSR count). The van der Waals surface area contributed by atoms with E-state index in [9.17, 15) is 12.6 Å². The number of rotatable bonds is 1. The van der Waals surface area contributed by atoms with Gasteiger partial charge in [0.25, 0.3) is 0 Å². The van der Waals surface area contributed by atoms with Crippen LogP contribution in [0.4, 0.5) is 12.6 Å². The smallest absolute Gasteiger partial charge is 0.0907 e. The van der Waals surface area contributed by atoms with Gasteiger partial charge in [0.05, 0.1) is 0 Å². The standard InChI is InChI=1S/B2F3IP/c1-2(6)7(3,4)5/q+1. The summed E-state index contributed by atoms with van der Waals surface area (Å²) in [6, 6.07) is 0. The number of halogens is 4. The van der Waals surface area contributed by atoms with Gasteiger partial charge in [-0.05, 0) is 12.6 Å². The predicted molar refractivity (Wildman–Crippen MR) is 35.8 cm³/mol.